The molecule has 4 nitrogen and oxygen atoms in total. The summed E-state index contributed by atoms with van der Waals surface area (Å²) >= 11 is 0. The molecule has 1 aliphatic carbocycles. The van der Waals surface area contributed by atoms with Gasteiger partial charge in [-0.05, 0) is 61.2 Å². The van der Waals surface area contributed by atoms with E-state index in [1.165, 1.54) is 12.1 Å². The Balaban J connectivity index is 2.05. The zero-order valence-electron chi connectivity index (χ0n) is 15.2. The predicted molar refractivity (Wildman–Crippen MR) is 104 cm³/mol. The van der Waals surface area contributed by atoms with Crippen molar-refractivity contribution < 1.29 is 9.31 Å². The van der Waals surface area contributed by atoms with Crippen LogP contribution in [-0.4, -0.2) is 10.6 Å². The van der Waals surface area contributed by atoms with Gasteiger partial charge >= 0.3 is 0 Å². The molecular weight excluding hydrogens is 343 g/mol. The van der Waals surface area contributed by atoms with Crippen LogP contribution in [0.2, 0.25) is 0 Å². The summed E-state index contributed by atoms with van der Waals surface area (Å²) in [6.45, 7) is 5.72. The number of hydrogen-bond donors (Lipinski definition) is 0. The van der Waals surface area contributed by atoms with Crippen LogP contribution in [0.25, 0.3) is 11.1 Å². The van der Waals surface area contributed by atoms with Gasteiger partial charge < -0.3 is 0 Å². The molecule has 0 N–H and O–H groups in total. The highest BCUT2D eigenvalue weighted by Crippen LogP contribution is 2.42. The van der Waals surface area contributed by atoms with Crippen molar-refractivity contribution in [3.8, 4) is 11.1 Å². The fourth-order valence-electron chi connectivity index (χ4n) is 3.58. The molecule has 0 amide bonds. The standard InChI is InChI=1S/C22H17FN2O2/c1-12-4-7-17-18(8-12)22(24-20-10-15(23)6-5-13(20)2)19-11-16(25(26)27)9-14(3)21(17)19/h4-11H,1-3H3. The molecule has 134 valence electrons. The van der Waals surface area contributed by atoms with Crippen LogP contribution in [0, 0.1) is 36.7 Å². The monoisotopic (exact) mass is 360 g/mol. The Morgan fingerprint density at radius 1 is 0.889 bits per heavy atom. The van der Waals surface area contributed by atoms with E-state index in [0.717, 1.165) is 33.4 Å². The van der Waals surface area contributed by atoms with E-state index in [-0.39, 0.29) is 11.5 Å². The van der Waals surface area contributed by atoms with E-state index in [9.17, 15) is 14.5 Å². The smallest absolute Gasteiger partial charge is 0.258 e. The molecule has 0 saturated heterocycles. The summed E-state index contributed by atoms with van der Waals surface area (Å²) in [7, 11) is 0. The van der Waals surface area contributed by atoms with Crippen LogP contribution in [-0.2, 0) is 0 Å². The number of aliphatic imine (C=N–C) groups is 1. The minimum Gasteiger partial charge on any atom is -0.258 e. The lowest BCUT2D eigenvalue weighted by molar-refractivity contribution is -0.384. The largest absolute Gasteiger partial charge is 0.270 e. The lowest BCUT2D eigenvalue weighted by Gasteiger charge is -2.06. The SMILES string of the molecule is Cc1ccc2c(c1)C(=Nc1cc(F)ccc1C)c1cc([N+](=O)[O-])cc(C)c1-2. The van der Waals surface area contributed by atoms with E-state index in [1.54, 1.807) is 18.2 Å². The Morgan fingerprint density at radius 2 is 1.67 bits per heavy atom. The summed E-state index contributed by atoms with van der Waals surface area (Å²) in [5.41, 5.74) is 7.50. The van der Waals surface area contributed by atoms with Crippen molar-refractivity contribution in [2.24, 2.45) is 4.99 Å². The van der Waals surface area contributed by atoms with Crippen LogP contribution in [0.1, 0.15) is 27.8 Å². The quantitative estimate of drug-likeness (QED) is 0.335. The summed E-state index contributed by atoms with van der Waals surface area (Å²) in [5.74, 6) is -0.363. The number of nitro benzene ring substituents is 1. The first-order valence-electron chi connectivity index (χ1n) is 8.61. The maximum Gasteiger partial charge on any atom is 0.270 e. The zero-order valence-corrected chi connectivity index (χ0v) is 15.2. The Morgan fingerprint density at radius 3 is 2.41 bits per heavy atom. The first kappa shape index (κ1) is 17.1. The summed E-state index contributed by atoms with van der Waals surface area (Å²) in [6.07, 6.45) is 0. The maximum atomic E-state index is 13.8. The number of nitrogens with zero attached hydrogens (tertiary/aromatic N) is 2. The third kappa shape index (κ3) is 2.81. The number of aryl methyl sites for hydroxylation is 3. The van der Waals surface area contributed by atoms with Gasteiger partial charge in [-0.2, -0.15) is 0 Å². The molecule has 5 heteroatoms. The molecule has 3 aromatic carbocycles. The fraction of sp³-hybridized carbons (Fsp3) is 0.136. The summed E-state index contributed by atoms with van der Waals surface area (Å²) in [6, 6.07) is 13.7. The van der Waals surface area contributed by atoms with Crippen molar-refractivity contribution in [1.82, 2.24) is 0 Å². The highest BCUT2D eigenvalue weighted by molar-refractivity contribution is 6.26. The third-order valence-corrected chi connectivity index (χ3v) is 4.89. The highest BCUT2D eigenvalue weighted by Gasteiger charge is 2.29. The van der Waals surface area contributed by atoms with Gasteiger partial charge in [0.2, 0.25) is 0 Å². The first-order chi connectivity index (χ1) is 12.8. The van der Waals surface area contributed by atoms with E-state index in [4.69, 9.17) is 4.99 Å². The molecule has 27 heavy (non-hydrogen) atoms. The van der Waals surface area contributed by atoms with Gasteiger partial charge in [0.15, 0.2) is 0 Å². The van der Waals surface area contributed by atoms with E-state index >= 15 is 0 Å². The molecule has 0 bridgehead atoms. The van der Waals surface area contributed by atoms with Gasteiger partial charge in [-0.25, -0.2) is 9.38 Å². The van der Waals surface area contributed by atoms with Crippen LogP contribution < -0.4 is 0 Å². The number of benzene rings is 3. The van der Waals surface area contributed by atoms with Crippen LogP contribution in [0.5, 0.6) is 0 Å². The molecule has 0 aliphatic heterocycles. The molecule has 0 radical (unpaired) electrons. The number of hydrogen-bond acceptors (Lipinski definition) is 3. The van der Waals surface area contributed by atoms with E-state index < -0.39 is 4.92 Å². The molecule has 0 saturated carbocycles. The van der Waals surface area contributed by atoms with Crippen molar-refractivity contribution >= 4 is 17.1 Å². The number of halogens is 1. The van der Waals surface area contributed by atoms with Gasteiger partial charge in [-0.1, -0.05) is 23.8 Å². The van der Waals surface area contributed by atoms with Crippen molar-refractivity contribution in [3.05, 3.63) is 92.3 Å². The Hall–Kier alpha value is -3.34. The average molecular weight is 360 g/mol. The van der Waals surface area contributed by atoms with Crippen LogP contribution in [0.4, 0.5) is 15.8 Å². The summed E-state index contributed by atoms with van der Waals surface area (Å²) in [4.78, 5) is 15.7. The number of fused-ring (bicyclic) bond motifs is 3. The fourth-order valence-corrected chi connectivity index (χ4v) is 3.58. The lowest BCUT2D eigenvalue weighted by atomic mass is 9.99. The molecule has 1 aliphatic rings. The van der Waals surface area contributed by atoms with Crippen molar-refractivity contribution in [1.29, 1.82) is 0 Å². The average Bonchev–Trinajstić information content (AvgIpc) is 2.91. The topological polar surface area (TPSA) is 55.5 Å². The molecule has 0 fully saturated rings. The van der Waals surface area contributed by atoms with E-state index in [0.29, 0.717) is 17.0 Å². The van der Waals surface area contributed by atoms with Crippen LogP contribution in [0.3, 0.4) is 0 Å². The molecule has 0 aromatic heterocycles. The minimum atomic E-state index is -0.396. The Kier molecular flexibility index (Phi) is 3.88. The van der Waals surface area contributed by atoms with E-state index in [1.807, 2.05) is 39.0 Å². The maximum absolute atomic E-state index is 13.8. The predicted octanol–water partition coefficient (Wildman–Crippen LogP) is 5.81. The molecule has 0 unspecified atom stereocenters. The minimum absolute atomic E-state index is 0.0273. The Bertz CT molecular complexity index is 1150. The lowest BCUT2D eigenvalue weighted by Crippen LogP contribution is -2.00. The molecule has 3 aromatic rings. The normalized spacial score (nSPS) is 13.6. The van der Waals surface area contributed by atoms with Gasteiger partial charge in [-0.15, -0.1) is 0 Å². The number of rotatable bonds is 2. The van der Waals surface area contributed by atoms with Crippen LogP contribution >= 0.6 is 0 Å². The molecule has 4 rings (SSSR count). The number of nitro groups is 1. The first-order valence-corrected chi connectivity index (χ1v) is 8.61. The molecule has 0 spiro atoms. The van der Waals surface area contributed by atoms with Gasteiger partial charge in [0.25, 0.3) is 5.69 Å². The second kappa shape index (κ2) is 6.13. The van der Waals surface area contributed by atoms with Gasteiger partial charge in [0.05, 0.1) is 16.3 Å². The van der Waals surface area contributed by atoms with Crippen LogP contribution in [0.15, 0.2) is 53.5 Å². The van der Waals surface area contributed by atoms with Crippen molar-refractivity contribution in [2.75, 3.05) is 0 Å². The summed E-state index contributed by atoms with van der Waals surface area (Å²) in [5, 5.41) is 11.4. The third-order valence-electron chi connectivity index (χ3n) is 4.89. The number of non-ortho nitro benzene ring substituents is 1. The summed E-state index contributed by atoms with van der Waals surface area (Å²) < 4.78 is 13.8. The zero-order chi connectivity index (χ0) is 19.3. The van der Waals surface area contributed by atoms with Gasteiger partial charge in [0, 0.05) is 23.3 Å². The van der Waals surface area contributed by atoms with Gasteiger partial charge in [0.1, 0.15) is 5.82 Å². The van der Waals surface area contributed by atoms with Gasteiger partial charge in [-0.3, -0.25) is 10.1 Å². The molecule has 0 heterocycles. The second-order valence-corrected chi connectivity index (χ2v) is 6.88. The van der Waals surface area contributed by atoms with E-state index in [2.05, 4.69) is 0 Å². The van der Waals surface area contributed by atoms with Crippen molar-refractivity contribution in [2.45, 2.75) is 20.8 Å². The van der Waals surface area contributed by atoms with Crippen molar-refractivity contribution in [3.63, 3.8) is 0 Å². The molecular formula is C22H17FN2O2. The Labute approximate surface area is 156 Å². The molecule has 0 atom stereocenters. The highest BCUT2D eigenvalue weighted by atomic mass is 19.1. The second-order valence-electron chi connectivity index (χ2n) is 6.88.